The minimum absolute atomic E-state index is 0.00406. The van der Waals surface area contributed by atoms with Crippen molar-refractivity contribution in [2.45, 2.75) is 19.4 Å². The topological polar surface area (TPSA) is 113 Å². The Balaban J connectivity index is 2.34. The summed E-state index contributed by atoms with van der Waals surface area (Å²) in [6.07, 6.45) is -0.0653. The van der Waals surface area contributed by atoms with Gasteiger partial charge in [0.2, 0.25) is 5.91 Å². The van der Waals surface area contributed by atoms with E-state index in [1.54, 1.807) is 0 Å². The number of halogens is 1. The number of carboxylic acids is 1. The first-order chi connectivity index (χ1) is 9.88. The second kappa shape index (κ2) is 5.65. The molecule has 1 aliphatic heterocycles. The van der Waals surface area contributed by atoms with Crippen LogP contribution in [0.1, 0.15) is 18.4 Å². The van der Waals surface area contributed by atoms with Gasteiger partial charge in [0.25, 0.3) is 5.69 Å². The molecule has 21 heavy (non-hydrogen) atoms. The summed E-state index contributed by atoms with van der Waals surface area (Å²) in [5, 5.41) is 24.2. The highest BCUT2D eigenvalue weighted by molar-refractivity contribution is 6.36. The van der Waals surface area contributed by atoms with E-state index >= 15 is 0 Å². The first-order valence-electron chi connectivity index (χ1n) is 5.92. The van der Waals surface area contributed by atoms with Gasteiger partial charge in [-0.05, 0) is 12.1 Å². The minimum Gasteiger partial charge on any atom is -0.477 e. The zero-order chi connectivity index (χ0) is 15.6. The third-order valence-electron chi connectivity index (χ3n) is 2.91. The average molecular weight is 295 g/mol. The number of hydrazone groups is 1. The van der Waals surface area contributed by atoms with Gasteiger partial charge in [-0.2, -0.15) is 5.10 Å². The Kier molecular flexibility index (Phi) is 3.92. The van der Waals surface area contributed by atoms with Crippen LogP contribution in [-0.2, 0) is 16.1 Å². The zero-order valence-corrected chi connectivity index (χ0v) is 10.7. The molecule has 0 bridgehead atoms. The Morgan fingerprint density at radius 1 is 1.48 bits per heavy atom. The van der Waals surface area contributed by atoms with Crippen LogP contribution in [0.25, 0.3) is 0 Å². The lowest BCUT2D eigenvalue weighted by Crippen LogP contribution is -2.34. The van der Waals surface area contributed by atoms with Gasteiger partial charge in [0, 0.05) is 18.9 Å². The monoisotopic (exact) mass is 295 g/mol. The van der Waals surface area contributed by atoms with Gasteiger partial charge in [-0.25, -0.2) is 14.2 Å². The molecule has 0 spiro atoms. The van der Waals surface area contributed by atoms with Gasteiger partial charge in [0.15, 0.2) is 0 Å². The third kappa shape index (κ3) is 3.19. The molecule has 0 radical (unpaired) electrons. The fraction of sp³-hybridized carbons (Fsp3) is 0.250. The van der Waals surface area contributed by atoms with Crippen molar-refractivity contribution in [3.8, 4) is 0 Å². The Hall–Kier alpha value is -2.84. The zero-order valence-electron chi connectivity index (χ0n) is 10.7. The van der Waals surface area contributed by atoms with Crippen LogP contribution in [0.2, 0.25) is 0 Å². The highest BCUT2D eigenvalue weighted by atomic mass is 19.1. The number of nitrogens with zero attached hydrogens (tertiary/aromatic N) is 3. The molecule has 1 aromatic rings. The molecule has 1 aromatic carbocycles. The molecule has 0 saturated heterocycles. The van der Waals surface area contributed by atoms with Crippen LogP contribution in [-0.4, -0.2) is 32.6 Å². The van der Waals surface area contributed by atoms with Crippen molar-refractivity contribution >= 4 is 23.3 Å². The number of amides is 1. The number of benzene rings is 1. The molecule has 0 aliphatic carbocycles. The average Bonchev–Trinajstić information content (AvgIpc) is 2.40. The van der Waals surface area contributed by atoms with Crippen LogP contribution >= 0.6 is 0 Å². The first kappa shape index (κ1) is 14.6. The first-order valence-corrected chi connectivity index (χ1v) is 5.92. The fourth-order valence-corrected chi connectivity index (χ4v) is 1.90. The van der Waals surface area contributed by atoms with Gasteiger partial charge < -0.3 is 5.11 Å². The predicted molar refractivity (Wildman–Crippen MR) is 67.9 cm³/mol. The standard InChI is InChI=1S/C12H10FN3O5/c13-8-1-3-10(16(20)21)7(5-8)6-15-11(17)4-2-9(14-15)12(18)19/h1,3,5H,2,4,6H2,(H,18,19). The third-order valence-corrected chi connectivity index (χ3v) is 2.91. The number of carboxylic acid groups (broad SMARTS) is 1. The molecule has 2 rings (SSSR count). The van der Waals surface area contributed by atoms with Crippen LogP contribution in [0, 0.1) is 15.9 Å². The molecule has 1 heterocycles. The lowest BCUT2D eigenvalue weighted by molar-refractivity contribution is -0.385. The van der Waals surface area contributed by atoms with Crippen molar-refractivity contribution in [3.05, 3.63) is 39.7 Å². The summed E-state index contributed by atoms with van der Waals surface area (Å²) in [6.45, 7) is -0.357. The van der Waals surface area contributed by atoms with Crippen molar-refractivity contribution in [3.63, 3.8) is 0 Å². The number of aliphatic carboxylic acids is 1. The van der Waals surface area contributed by atoms with E-state index in [-0.39, 0.29) is 36.3 Å². The maximum atomic E-state index is 13.2. The number of hydrogen-bond acceptors (Lipinski definition) is 5. The minimum atomic E-state index is -1.26. The number of hydrogen-bond donors (Lipinski definition) is 1. The van der Waals surface area contributed by atoms with E-state index in [1.807, 2.05) is 0 Å². The Bertz CT molecular complexity index is 658. The van der Waals surface area contributed by atoms with Crippen LogP contribution in [0.3, 0.4) is 0 Å². The summed E-state index contributed by atoms with van der Waals surface area (Å²) >= 11 is 0. The van der Waals surface area contributed by atoms with Crippen molar-refractivity contribution < 1.29 is 24.0 Å². The molecule has 9 heteroatoms. The number of carbonyl (C=O) groups excluding carboxylic acids is 1. The van der Waals surface area contributed by atoms with E-state index in [4.69, 9.17) is 5.11 Å². The Morgan fingerprint density at radius 2 is 2.19 bits per heavy atom. The van der Waals surface area contributed by atoms with Crippen molar-refractivity contribution in [2.75, 3.05) is 0 Å². The molecule has 1 aliphatic rings. The highest BCUT2D eigenvalue weighted by Gasteiger charge is 2.26. The van der Waals surface area contributed by atoms with Gasteiger partial charge in [-0.1, -0.05) is 0 Å². The predicted octanol–water partition coefficient (Wildman–Crippen LogP) is 1.30. The Labute approximate surface area is 117 Å². The number of carbonyl (C=O) groups is 2. The summed E-state index contributed by atoms with van der Waals surface area (Å²) < 4.78 is 13.2. The molecule has 0 aromatic heterocycles. The van der Waals surface area contributed by atoms with E-state index in [0.717, 1.165) is 23.2 Å². The molecule has 110 valence electrons. The molecule has 8 nitrogen and oxygen atoms in total. The molecule has 1 amide bonds. The summed E-state index contributed by atoms with van der Waals surface area (Å²) in [6, 6.07) is 2.85. The van der Waals surface area contributed by atoms with Gasteiger partial charge in [-0.15, -0.1) is 0 Å². The maximum Gasteiger partial charge on any atom is 0.352 e. The second-order valence-electron chi connectivity index (χ2n) is 4.33. The molecule has 0 unspecified atom stereocenters. The smallest absolute Gasteiger partial charge is 0.352 e. The SMILES string of the molecule is O=C(O)C1=NN(Cc2cc(F)ccc2[N+](=O)[O-])C(=O)CC1. The van der Waals surface area contributed by atoms with Crippen molar-refractivity contribution in [1.82, 2.24) is 5.01 Å². The van der Waals surface area contributed by atoms with Gasteiger partial charge in [0.05, 0.1) is 17.0 Å². The normalized spacial score (nSPS) is 14.8. The lowest BCUT2D eigenvalue weighted by Gasteiger charge is -2.22. The fourth-order valence-electron chi connectivity index (χ4n) is 1.90. The summed E-state index contributed by atoms with van der Waals surface area (Å²) in [7, 11) is 0. The molecular formula is C12H10FN3O5. The number of nitro benzene ring substituents is 1. The van der Waals surface area contributed by atoms with Crippen LogP contribution in [0.4, 0.5) is 10.1 Å². The summed E-state index contributed by atoms with van der Waals surface area (Å²) in [4.78, 5) is 32.7. The summed E-state index contributed by atoms with van der Waals surface area (Å²) in [5.74, 6) is -2.43. The Morgan fingerprint density at radius 3 is 2.81 bits per heavy atom. The molecule has 0 atom stereocenters. The largest absolute Gasteiger partial charge is 0.477 e. The molecular weight excluding hydrogens is 285 g/mol. The van der Waals surface area contributed by atoms with Gasteiger partial charge in [-0.3, -0.25) is 14.9 Å². The van der Waals surface area contributed by atoms with E-state index in [2.05, 4.69) is 5.10 Å². The van der Waals surface area contributed by atoms with Gasteiger partial charge >= 0.3 is 5.97 Å². The number of nitro groups is 1. The van der Waals surface area contributed by atoms with Gasteiger partial charge in [0.1, 0.15) is 11.5 Å². The van der Waals surface area contributed by atoms with E-state index in [0.29, 0.717) is 0 Å². The number of rotatable bonds is 4. The highest BCUT2D eigenvalue weighted by Crippen LogP contribution is 2.23. The summed E-state index contributed by atoms with van der Waals surface area (Å²) in [5.41, 5.74) is -0.626. The molecule has 0 saturated carbocycles. The molecule has 0 fully saturated rings. The van der Waals surface area contributed by atoms with E-state index < -0.39 is 22.6 Å². The van der Waals surface area contributed by atoms with E-state index in [9.17, 15) is 24.1 Å². The van der Waals surface area contributed by atoms with Crippen LogP contribution in [0.15, 0.2) is 23.3 Å². The quantitative estimate of drug-likeness (QED) is 0.664. The van der Waals surface area contributed by atoms with Crippen molar-refractivity contribution in [1.29, 1.82) is 0 Å². The van der Waals surface area contributed by atoms with Crippen LogP contribution < -0.4 is 0 Å². The van der Waals surface area contributed by atoms with Crippen LogP contribution in [0.5, 0.6) is 0 Å². The molecule has 1 N–H and O–H groups in total. The maximum absolute atomic E-state index is 13.2. The lowest BCUT2D eigenvalue weighted by atomic mass is 10.1. The van der Waals surface area contributed by atoms with Crippen molar-refractivity contribution in [2.24, 2.45) is 5.10 Å². The second-order valence-corrected chi connectivity index (χ2v) is 4.33. The van der Waals surface area contributed by atoms with E-state index in [1.165, 1.54) is 0 Å².